The minimum absolute atomic E-state index is 0.0499. The lowest BCUT2D eigenvalue weighted by Gasteiger charge is -2.12. The summed E-state index contributed by atoms with van der Waals surface area (Å²) in [6, 6.07) is 7.96. The molecule has 0 amide bonds. The summed E-state index contributed by atoms with van der Waals surface area (Å²) in [5.74, 6) is 0.145. The third-order valence-electron chi connectivity index (χ3n) is 3.90. The average molecular weight is 409 g/mol. The van der Waals surface area contributed by atoms with Crippen LogP contribution in [0.25, 0.3) is 10.2 Å². The van der Waals surface area contributed by atoms with Crippen LogP contribution >= 0.6 is 11.3 Å². The quantitative estimate of drug-likeness (QED) is 0.494. The van der Waals surface area contributed by atoms with E-state index in [1.54, 1.807) is 10.6 Å². The fraction of sp³-hybridized carbons (Fsp3) is 0.188. The van der Waals surface area contributed by atoms with Gasteiger partial charge in [-0.2, -0.15) is 0 Å². The summed E-state index contributed by atoms with van der Waals surface area (Å²) in [4.78, 5) is 22.0. The van der Waals surface area contributed by atoms with Crippen molar-refractivity contribution < 1.29 is 18.1 Å². The van der Waals surface area contributed by atoms with E-state index in [4.69, 9.17) is 4.74 Å². The van der Waals surface area contributed by atoms with Gasteiger partial charge in [0.05, 0.1) is 32.8 Å². The van der Waals surface area contributed by atoms with Crippen LogP contribution in [0.5, 0.6) is 5.75 Å². The van der Waals surface area contributed by atoms with Crippen molar-refractivity contribution in [2.75, 3.05) is 11.8 Å². The molecule has 0 unspecified atom stereocenters. The maximum Gasteiger partial charge on any atom is 0.308 e. The third-order valence-corrected chi connectivity index (χ3v) is 6.21. The van der Waals surface area contributed by atoms with E-state index < -0.39 is 14.9 Å². The Bertz CT molecular complexity index is 1200. The topological polar surface area (TPSA) is 121 Å². The number of fused-ring (bicyclic) bond motifs is 1. The minimum atomic E-state index is -4.05. The number of ether oxygens (including phenoxy) is 1. The number of thiazole rings is 1. The van der Waals surface area contributed by atoms with Crippen molar-refractivity contribution in [2.45, 2.75) is 18.4 Å². The van der Waals surface area contributed by atoms with Gasteiger partial charge in [0.25, 0.3) is 15.7 Å². The molecule has 0 bridgehead atoms. The third kappa shape index (κ3) is 3.51. The number of anilines is 1. The van der Waals surface area contributed by atoms with Crippen LogP contribution in [0.15, 0.2) is 46.1 Å². The molecule has 9 nitrogen and oxygen atoms in total. The molecule has 11 heteroatoms. The zero-order chi connectivity index (χ0) is 19.8. The standard InChI is InChI=1S/C16H15N3O6S2/c1-3-18-13-6-5-11(9-15(13)26-16(18)20)27(23,24)17-12-8-10(19(21)22)4-7-14(12)25-2/h4-9,17H,3H2,1-2H3. The number of nitrogens with zero attached hydrogens (tertiary/aromatic N) is 2. The summed E-state index contributed by atoms with van der Waals surface area (Å²) < 4.78 is 35.0. The number of rotatable bonds is 6. The number of hydrogen-bond acceptors (Lipinski definition) is 7. The van der Waals surface area contributed by atoms with Crippen LogP contribution in [0, 0.1) is 10.1 Å². The lowest BCUT2D eigenvalue weighted by molar-refractivity contribution is -0.384. The highest BCUT2D eigenvalue weighted by Gasteiger charge is 2.20. The van der Waals surface area contributed by atoms with Gasteiger partial charge in [0.2, 0.25) is 0 Å². The lowest BCUT2D eigenvalue weighted by atomic mass is 10.2. The van der Waals surface area contributed by atoms with E-state index in [2.05, 4.69) is 4.72 Å². The molecule has 1 aromatic heterocycles. The fourth-order valence-electron chi connectivity index (χ4n) is 2.61. The van der Waals surface area contributed by atoms with E-state index in [0.717, 1.165) is 17.4 Å². The largest absolute Gasteiger partial charge is 0.495 e. The molecule has 0 saturated carbocycles. The van der Waals surface area contributed by atoms with Crippen molar-refractivity contribution in [2.24, 2.45) is 0 Å². The molecule has 0 fully saturated rings. The monoisotopic (exact) mass is 409 g/mol. The Morgan fingerprint density at radius 3 is 2.63 bits per heavy atom. The Balaban J connectivity index is 2.05. The number of nitrogens with one attached hydrogen (secondary N) is 1. The normalized spacial score (nSPS) is 11.5. The van der Waals surface area contributed by atoms with Gasteiger partial charge < -0.3 is 4.74 Å². The molecule has 27 heavy (non-hydrogen) atoms. The molecule has 0 atom stereocenters. The number of hydrogen-bond donors (Lipinski definition) is 1. The zero-order valence-corrected chi connectivity index (χ0v) is 16.0. The number of aromatic nitrogens is 1. The summed E-state index contributed by atoms with van der Waals surface area (Å²) in [5.41, 5.74) is 0.327. The first kappa shape index (κ1) is 18.9. The number of nitro benzene ring substituents is 1. The summed E-state index contributed by atoms with van der Waals surface area (Å²) in [5, 5.41) is 11.0. The molecule has 3 aromatic rings. The van der Waals surface area contributed by atoms with Crippen molar-refractivity contribution in [3.05, 3.63) is 56.2 Å². The van der Waals surface area contributed by atoms with Gasteiger partial charge in [-0.05, 0) is 31.2 Å². The van der Waals surface area contributed by atoms with Gasteiger partial charge in [0.1, 0.15) is 5.75 Å². The Morgan fingerprint density at radius 1 is 1.26 bits per heavy atom. The zero-order valence-electron chi connectivity index (χ0n) is 14.3. The van der Waals surface area contributed by atoms with Gasteiger partial charge in [-0.25, -0.2) is 8.42 Å². The van der Waals surface area contributed by atoms with Crippen LogP contribution in [0.4, 0.5) is 11.4 Å². The molecule has 1 heterocycles. The predicted molar refractivity (Wildman–Crippen MR) is 102 cm³/mol. The molecule has 0 aliphatic heterocycles. The van der Waals surface area contributed by atoms with E-state index in [0.29, 0.717) is 16.8 Å². The summed E-state index contributed by atoms with van der Waals surface area (Å²) in [6.07, 6.45) is 0. The number of benzene rings is 2. The van der Waals surface area contributed by atoms with Gasteiger partial charge in [-0.15, -0.1) is 0 Å². The fourth-order valence-corrected chi connectivity index (χ4v) is 4.76. The number of aryl methyl sites for hydroxylation is 1. The maximum atomic E-state index is 12.7. The molecule has 2 aromatic carbocycles. The van der Waals surface area contributed by atoms with Gasteiger partial charge >= 0.3 is 4.87 Å². The van der Waals surface area contributed by atoms with E-state index in [9.17, 15) is 23.3 Å². The molecule has 0 aliphatic carbocycles. The van der Waals surface area contributed by atoms with Gasteiger partial charge in [-0.3, -0.25) is 24.2 Å². The van der Waals surface area contributed by atoms with Crippen LogP contribution < -0.4 is 14.3 Å². The van der Waals surface area contributed by atoms with Crippen molar-refractivity contribution in [3.8, 4) is 5.75 Å². The van der Waals surface area contributed by atoms with Crippen LogP contribution in [0.2, 0.25) is 0 Å². The Morgan fingerprint density at radius 2 is 2.00 bits per heavy atom. The first-order valence-corrected chi connectivity index (χ1v) is 10.1. The SMILES string of the molecule is CCn1c(=O)sc2cc(S(=O)(=O)Nc3cc([N+](=O)[O-])ccc3OC)ccc21. The number of nitro groups is 1. The van der Waals surface area contributed by atoms with E-state index >= 15 is 0 Å². The second-order valence-corrected chi connectivity index (χ2v) is 8.16. The smallest absolute Gasteiger partial charge is 0.308 e. The number of sulfonamides is 1. The molecule has 0 spiro atoms. The van der Waals surface area contributed by atoms with Crippen LogP contribution in [0.1, 0.15) is 6.92 Å². The van der Waals surface area contributed by atoms with Crippen molar-refractivity contribution >= 4 is 43.0 Å². The number of non-ortho nitro benzene ring substituents is 1. The molecule has 0 saturated heterocycles. The Hall–Kier alpha value is -2.92. The predicted octanol–water partition coefficient (Wildman–Crippen LogP) is 2.80. The van der Waals surface area contributed by atoms with Gasteiger partial charge in [0, 0.05) is 18.7 Å². The Kier molecular flexibility index (Phi) is 4.89. The lowest BCUT2D eigenvalue weighted by Crippen LogP contribution is -2.14. The molecular formula is C16H15N3O6S2. The van der Waals surface area contributed by atoms with E-state index in [1.807, 2.05) is 6.92 Å². The van der Waals surface area contributed by atoms with Crippen LogP contribution in [-0.4, -0.2) is 25.0 Å². The maximum absolute atomic E-state index is 12.7. The van der Waals surface area contributed by atoms with Crippen molar-refractivity contribution in [1.82, 2.24) is 4.57 Å². The van der Waals surface area contributed by atoms with Crippen LogP contribution in [0.3, 0.4) is 0 Å². The Labute approximate surface area is 158 Å². The first-order chi connectivity index (χ1) is 12.8. The second kappa shape index (κ2) is 7.00. The molecule has 1 N–H and O–H groups in total. The molecule has 0 aliphatic rings. The summed E-state index contributed by atoms with van der Waals surface area (Å²) >= 11 is 0.955. The van der Waals surface area contributed by atoms with E-state index in [-0.39, 0.29) is 26.9 Å². The molecule has 0 radical (unpaired) electrons. The first-order valence-electron chi connectivity index (χ1n) is 7.75. The highest BCUT2D eigenvalue weighted by atomic mass is 32.2. The average Bonchev–Trinajstić information content (AvgIpc) is 2.95. The van der Waals surface area contributed by atoms with Crippen molar-refractivity contribution in [3.63, 3.8) is 0 Å². The highest BCUT2D eigenvalue weighted by molar-refractivity contribution is 7.92. The minimum Gasteiger partial charge on any atom is -0.495 e. The summed E-state index contributed by atoms with van der Waals surface area (Å²) in [7, 11) is -2.72. The van der Waals surface area contributed by atoms with Gasteiger partial charge in [0.15, 0.2) is 0 Å². The molecule has 3 rings (SSSR count). The van der Waals surface area contributed by atoms with Gasteiger partial charge in [-0.1, -0.05) is 11.3 Å². The second-order valence-electron chi connectivity index (χ2n) is 5.49. The number of methoxy groups -OCH3 is 1. The van der Waals surface area contributed by atoms with E-state index in [1.165, 1.54) is 31.4 Å². The van der Waals surface area contributed by atoms with Crippen molar-refractivity contribution in [1.29, 1.82) is 0 Å². The molecule has 142 valence electrons. The van der Waals surface area contributed by atoms with Crippen LogP contribution in [-0.2, 0) is 16.6 Å². The summed E-state index contributed by atoms with van der Waals surface area (Å²) in [6.45, 7) is 2.31. The molecular weight excluding hydrogens is 394 g/mol. The highest BCUT2D eigenvalue weighted by Crippen LogP contribution is 2.31.